The number of hydrogen-bond acceptors (Lipinski definition) is 5. The summed E-state index contributed by atoms with van der Waals surface area (Å²) < 4.78 is 11.5. The molecule has 0 aromatic heterocycles. The molecule has 0 amide bonds. The average Bonchev–Trinajstić information content (AvgIpc) is 3.54. The van der Waals surface area contributed by atoms with Crippen molar-refractivity contribution in [3.8, 4) is 28.7 Å². The van der Waals surface area contributed by atoms with E-state index in [9.17, 15) is 15.2 Å². The Morgan fingerprint density at radius 1 is 1.09 bits per heavy atom. The van der Waals surface area contributed by atoms with Gasteiger partial charge >= 0.3 is 5.97 Å². The summed E-state index contributed by atoms with van der Waals surface area (Å²) >= 11 is 0. The van der Waals surface area contributed by atoms with Crippen molar-refractivity contribution in [3.05, 3.63) is 81.9 Å². The molecule has 0 saturated heterocycles. The SMILES string of the molecule is CCOC(=O)C1CC1c1ccc(OC2CCc3c2ccc(C#N)c3-c2c(C)cc(O)cc2C)cc1. The number of carbonyl (C=O) groups is 1. The van der Waals surface area contributed by atoms with Gasteiger partial charge in [0.25, 0.3) is 0 Å². The Balaban J connectivity index is 1.39. The Morgan fingerprint density at radius 3 is 2.46 bits per heavy atom. The summed E-state index contributed by atoms with van der Waals surface area (Å²) in [6.45, 7) is 6.19. The van der Waals surface area contributed by atoms with Gasteiger partial charge in [0.05, 0.1) is 24.2 Å². The maximum Gasteiger partial charge on any atom is 0.309 e. The first-order chi connectivity index (χ1) is 16.9. The highest BCUT2D eigenvalue weighted by molar-refractivity contribution is 5.81. The third kappa shape index (κ3) is 4.25. The zero-order chi connectivity index (χ0) is 24.7. The summed E-state index contributed by atoms with van der Waals surface area (Å²) in [6, 6.07) is 17.8. The molecular weight excluding hydrogens is 438 g/mol. The van der Waals surface area contributed by atoms with E-state index in [0.29, 0.717) is 12.2 Å². The number of ether oxygens (including phenoxy) is 2. The molecule has 1 N–H and O–H groups in total. The van der Waals surface area contributed by atoms with Crippen LogP contribution in [0, 0.1) is 31.1 Å². The molecule has 0 radical (unpaired) electrons. The topological polar surface area (TPSA) is 79.5 Å². The highest BCUT2D eigenvalue weighted by atomic mass is 16.5. The molecule has 3 unspecified atom stereocenters. The van der Waals surface area contributed by atoms with Crippen molar-refractivity contribution in [2.75, 3.05) is 6.61 Å². The predicted octanol–water partition coefficient (Wildman–Crippen LogP) is 6.28. The third-order valence-corrected chi connectivity index (χ3v) is 7.21. The Morgan fingerprint density at radius 2 is 1.80 bits per heavy atom. The molecule has 5 heteroatoms. The quantitative estimate of drug-likeness (QED) is 0.432. The first-order valence-electron chi connectivity index (χ1n) is 12.2. The molecular formula is C30H29NO4. The molecule has 0 aliphatic heterocycles. The molecule has 3 aromatic carbocycles. The number of benzene rings is 3. The molecule has 3 atom stereocenters. The van der Waals surface area contributed by atoms with Crippen molar-refractivity contribution in [2.24, 2.45) is 5.92 Å². The number of fused-ring (bicyclic) bond motifs is 1. The van der Waals surface area contributed by atoms with E-state index >= 15 is 0 Å². The lowest BCUT2D eigenvalue weighted by molar-refractivity contribution is -0.144. The van der Waals surface area contributed by atoms with E-state index in [1.165, 1.54) is 0 Å². The lowest BCUT2D eigenvalue weighted by atomic mass is 9.87. The third-order valence-electron chi connectivity index (χ3n) is 7.21. The van der Waals surface area contributed by atoms with Crippen LogP contribution in [-0.2, 0) is 16.0 Å². The second kappa shape index (κ2) is 9.11. The van der Waals surface area contributed by atoms with Gasteiger partial charge in [-0.25, -0.2) is 0 Å². The number of carbonyl (C=O) groups excluding carboxylic acids is 1. The number of phenols is 1. The van der Waals surface area contributed by atoms with Crippen LogP contribution < -0.4 is 4.74 Å². The van der Waals surface area contributed by atoms with Crippen molar-refractivity contribution in [1.29, 1.82) is 5.26 Å². The molecule has 5 nitrogen and oxygen atoms in total. The number of phenolic OH excluding ortho intramolecular Hbond substituents is 1. The highest BCUT2D eigenvalue weighted by Crippen LogP contribution is 2.49. The van der Waals surface area contributed by atoms with Crippen molar-refractivity contribution in [3.63, 3.8) is 0 Å². The van der Waals surface area contributed by atoms with Crippen molar-refractivity contribution < 1.29 is 19.4 Å². The minimum absolute atomic E-state index is 0.0250. The number of esters is 1. The number of aryl methyl sites for hydroxylation is 2. The van der Waals surface area contributed by atoms with Gasteiger partial charge < -0.3 is 14.6 Å². The van der Waals surface area contributed by atoms with Gasteiger partial charge in [-0.2, -0.15) is 5.26 Å². The van der Waals surface area contributed by atoms with Crippen molar-refractivity contribution >= 4 is 5.97 Å². The normalized spacial score (nSPS) is 20.1. The van der Waals surface area contributed by atoms with E-state index in [0.717, 1.165) is 64.0 Å². The fraction of sp³-hybridized carbons (Fsp3) is 0.333. The van der Waals surface area contributed by atoms with E-state index in [1.54, 1.807) is 12.1 Å². The number of nitrogens with zero attached hydrogens (tertiary/aromatic N) is 1. The molecule has 0 spiro atoms. The highest BCUT2D eigenvalue weighted by Gasteiger charge is 2.45. The van der Waals surface area contributed by atoms with Gasteiger partial charge in [0.1, 0.15) is 17.6 Å². The monoisotopic (exact) mass is 467 g/mol. The molecule has 3 aromatic rings. The summed E-state index contributed by atoms with van der Waals surface area (Å²) in [6.07, 6.45) is 2.41. The van der Waals surface area contributed by atoms with Crippen molar-refractivity contribution in [1.82, 2.24) is 0 Å². The lowest BCUT2D eigenvalue weighted by Crippen LogP contribution is -2.07. The van der Waals surface area contributed by atoms with Gasteiger partial charge in [0.2, 0.25) is 0 Å². The van der Waals surface area contributed by atoms with Crippen molar-refractivity contribution in [2.45, 2.75) is 52.1 Å². The van der Waals surface area contributed by atoms with Gasteiger partial charge in [-0.05, 0) is 110 Å². The Bertz CT molecular complexity index is 1310. The molecule has 2 aliphatic rings. The Kier molecular flexibility index (Phi) is 5.98. The molecule has 2 aliphatic carbocycles. The van der Waals surface area contributed by atoms with E-state index < -0.39 is 0 Å². The molecule has 35 heavy (non-hydrogen) atoms. The summed E-state index contributed by atoms with van der Waals surface area (Å²) in [4.78, 5) is 12.0. The minimum atomic E-state index is -0.105. The molecule has 0 heterocycles. The van der Waals surface area contributed by atoms with Crippen LogP contribution >= 0.6 is 0 Å². The van der Waals surface area contributed by atoms with Gasteiger partial charge in [-0.3, -0.25) is 4.79 Å². The van der Waals surface area contributed by atoms with Gasteiger partial charge in [-0.1, -0.05) is 18.2 Å². The maximum atomic E-state index is 12.0. The van der Waals surface area contributed by atoms with Gasteiger partial charge in [0, 0.05) is 5.56 Å². The average molecular weight is 468 g/mol. The Labute approximate surface area is 205 Å². The van der Waals surface area contributed by atoms with Crippen LogP contribution in [0.1, 0.15) is 65.2 Å². The van der Waals surface area contributed by atoms with E-state index in [-0.39, 0.29) is 29.7 Å². The molecule has 178 valence electrons. The fourth-order valence-corrected chi connectivity index (χ4v) is 5.53. The largest absolute Gasteiger partial charge is 0.508 e. The number of rotatable bonds is 6. The predicted molar refractivity (Wildman–Crippen MR) is 133 cm³/mol. The van der Waals surface area contributed by atoms with Crippen LogP contribution in [0.25, 0.3) is 11.1 Å². The maximum absolute atomic E-state index is 12.0. The number of aromatic hydroxyl groups is 1. The van der Waals surface area contributed by atoms with Crippen LogP contribution in [0.2, 0.25) is 0 Å². The fourth-order valence-electron chi connectivity index (χ4n) is 5.53. The van der Waals surface area contributed by atoms with Crippen LogP contribution in [0.4, 0.5) is 0 Å². The van der Waals surface area contributed by atoms with Crippen LogP contribution in [0.5, 0.6) is 11.5 Å². The number of hydrogen-bond donors (Lipinski definition) is 1. The van der Waals surface area contributed by atoms with E-state index in [2.05, 4.69) is 6.07 Å². The second-order valence-corrected chi connectivity index (χ2v) is 9.54. The first kappa shape index (κ1) is 23.0. The zero-order valence-electron chi connectivity index (χ0n) is 20.3. The van der Waals surface area contributed by atoms with Crippen LogP contribution in [-0.4, -0.2) is 17.7 Å². The number of nitriles is 1. The summed E-state index contributed by atoms with van der Waals surface area (Å²) in [7, 11) is 0. The molecule has 0 bridgehead atoms. The van der Waals surface area contributed by atoms with E-state index in [1.807, 2.05) is 57.2 Å². The summed E-state index contributed by atoms with van der Waals surface area (Å²) in [5, 5.41) is 19.9. The minimum Gasteiger partial charge on any atom is -0.508 e. The van der Waals surface area contributed by atoms with E-state index in [4.69, 9.17) is 9.47 Å². The summed E-state index contributed by atoms with van der Waals surface area (Å²) in [5.41, 5.74) is 7.93. The van der Waals surface area contributed by atoms with Gasteiger partial charge in [-0.15, -0.1) is 0 Å². The standard InChI is InChI=1S/C30H29NO4/c1-4-34-30(33)26-15-25(26)19-5-8-22(9-6-19)35-27-12-11-24-23(27)10-7-20(16-31)29(24)28-17(2)13-21(32)14-18(28)3/h5-10,13-14,25-27,32H,4,11-12,15H2,1-3H3. The van der Waals surface area contributed by atoms with Crippen LogP contribution in [0.3, 0.4) is 0 Å². The smallest absolute Gasteiger partial charge is 0.309 e. The first-order valence-corrected chi connectivity index (χ1v) is 12.2. The zero-order valence-corrected chi connectivity index (χ0v) is 20.3. The lowest BCUT2D eigenvalue weighted by Gasteiger charge is -2.19. The molecule has 1 saturated carbocycles. The molecule has 1 fully saturated rings. The second-order valence-electron chi connectivity index (χ2n) is 9.54. The Hall–Kier alpha value is -3.78. The van der Waals surface area contributed by atoms with Crippen LogP contribution in [0.15, 0.2) is 48.5 Å². The van der Waals surface area contributed by atoms with Gasteiger partial charge in [0.15, 0.2) is 0 Å². The summed E-state index contributed by atoms with van der Waals surface area (Å²) in [5.74, 6) is 1.14. The molecule has 5 rings (SSSR count).